The van der Waals surface area contributed by atoms with Crippen LogP contribution in [0.2, 0.25) is 0 Å². The number of nitrogens with one attached hydrogen (secondary N) is 2. The van der Waals surface area contributed by atoms with Gasteiger partial charge < -0.3 is 10.3 Å². The van der Waals surface area contributed by atoms with Crippen LogP contribution < -0.4 is 5.32 Å². The second-order valence-corrected chi connectivity index (χ2v) is 5.91. The van der Waals surface area contributed by atoms with Gasteiger partial charge >= 0.3 is 0 Å². The summed E-state index contributed by atoms with van der Waals surface area (Å²) in [5.41, 5.74) is 1.54. The lowest BCUT2D eigenvalue weighted by Crippen LogP contribution is -2.35. The standard InChI is InChI=1S/C15H19F2N3/c1-15(2,3)19-9-13-8-18-14(20-13)6-10-4-11(16)7-12(17)5-10/h4-5,7-8,19H,6,9H2,1-3H3,(H,18,20). The van der Waals surface area contributed by atoms with E-state index in [0.29, 0.717) is 24.4 Å². The molecule has 0 unspecified atom stereocenters. The van der Waals surface area contributed by atoms with E-state index >= 15 is 0 Å². The smallest absolute Gasteiger partial charge is 0.126 e. The Morgan fingerprint density at radius 3 is 2.40 bits per heavy atom. The van der Waals surface area contributed by atoms with Crippen molar-refractivity contribution >= 4 is 0 Å². The van der Waals surface area contributed by atoms with Crippen molar-refractivity contribution < 1.29 is 8.78 Å². The number of imidazole rings is 1. The number of aromatic nitrogens is 2. The molecule has 2 N–H and O–H groups in total. The predicted octanol–water partition coefficient (Wildman–Crippen LogP) is 3.17. The van der Waals surface area contributed by atoms with Crippen LogP contribution in [0.3, 0.4) is 0 Å². The number of aromatic amines is 1. The molecule has 108 valence electrons. The minimum absolute atomic E-state index is 0.0248. The van der Waals surface area contributed by atoms with Crippen LogP contribution in [0.4, 0.5) is 8.78 Å². The van der Waals surface area contributed by atoms with E-state index in [1.807, 2.05) is 0 Å². The van der Waals surface area contributed by atoms with Crippen molar-refractivity contribution in [1.29, 1.82) is 0 Å². The first-order valence-electron chi connectivity index (χ1n) is 6.54. The summed E-state index contributed by atoms with van der Waals surface area (Å²) in [4.78, 5) is 7.39. The van der Waals surface area contributed by atoms with Gasteiger partial charge in [-0.1, -0.05) is 0 Å². The molecule has 0 radical (unpaired) electrons. The van der Waals surface area contributed by atoms with Crippen molar-refractivity contribution in [2.24, 2.45) is 0 Å². The molecule has 0 atom stereocenters. The Labute approximate surface area is 117 Å². The zero-order chi connectivity index (χ0) is 14.8. The lowest BCUT2D eigenvalue weighted by molar-refractivity contribution is 0.421. The van der Waals surface area contributed by atoms with E-state index < -0.39 is 11.6 Å². The topological polar surface area (TPSA) is 40.7 Å². The zero-order valence-corrected chi connectivity index (χ0v) is 11.9. The van der Waals surface area contributed by atoms with Crippen LogP contribution in [-0.2, 0) is 13.0 Å². The van der Waals surface area contributed by atoms with Crippen molar-refractivity contribution in [2.45, 2.75) is 39.3 Å². The highest BCUT2D eigenvalue weighted by molar-refractivity contribution is 5.21. The largest absolute Gasteiger partial charge is 0.345 e. The van der Waals surface area contributed by atoms with Gasteiger partial charge in [0.05, 0.1) is 0 Å². The van der Waals surface area contributed by atoms with Gasteiger partial charge in [0.2, 0.25) is 0 Å². The molecule has 3 nitrogen and oxygen atoms in total. The third-order valence-corrected chi connectivity index (χ3v) is 2.78. The number of hydrogen-bond donors (Lipinski definition) is 2. The molecule has 1 aromatic heterocycles. The molecule has 20 heavy (non-hydrogen) atoms. The first-order valence-corrected chi connectivity index (χ1v) is 6.54. The number of H-pyrrole nitrogens is 1. The number of nitrogens with zero attached hydrogens (tertiary/aromatic N) is 1. The Kier molecular flexibility index (Phi) is 4.18. The monoisotopic (exact) mass is 279 g/mol. The minimum Gasteiger partial charge on any atom is -0.345 e. The fourth-order valence-electron chi connectivity index (χ4n) is 1.85. The fourth-order valence-corrected chi connectivity index (χ4v) is 1.85. The van der Waals surface area contributed by atoms with E-state index in [2.05, 4.69) is 36.1 Å². The van der Waals surface area contributed by atoms with Crippen molar-refractivity contribution in [2.75, 3.05) is 0 Å². The van der Waals surface area contributed by atoms with Gasteiger partial charge in [0, 0.05) is 36.5 Å². The van der Waals surface area contributed by atoms with Gasteiger partial charge in [0.15, 0.2) is 0 Å². The van der Waals surface area contributed by atoms with Crippen LogP contribution in [0.15, 0.2) is 24.4 Å². The SMILES string of the molecule is CC(C)(C)NCc1cnc(Cc2cc(F)cc(F)c2)[nH]1. The summed E-state index contributed by atoms with van der Waals surface area (Å²) >= 11 is 0. The summed E-state index contributed by atoms with van der Waals surface area (Å²) in [5.74, 6) is -0.442. The maximum atomic E-state index is 13.1. The van der Waals surface area contributed by atoms with Crippen LogP contribution in [-0.4, -0.2) is 15.5 Å². The van der Waals surface area contributed by atoms with Crippen molar-refractivity contribution in [1.82, 2.24) is 15.3 Å². The molecule has 5 heteroatoms. The summed E-state index contributed by atoms with van der Waals surface area (Å²) in [6, 6.07) is 3.50. The number of hydrogen-bond acceptors (Lipinski definition) is 2. The molecule has 0 aliphatic carbocycles. The average molecular weight is 279 g/mol. The molecule has 0 aliphatic rings. The van der Waals surface area contributed by atoms with Crippen LogP contribution in [0.5, 0.6) is 0 Å². The highest BCUT2D eigenvalue weighted by atomic mass is 19.1. The van der Waals surface area contributed by atoms with E-state index in [-0.39, 0.29) is 5.54 Å². The van der Waals surface area contributed by atoms with E-state index in [4.69, 9.17) is 0 Å². The first kappa shape index (κ1) is 14.7. The molecule has 0 fully saturated rings. The predicted molar refractivity (Wildman–Crippen MR) is 74.3 cm³/mol. The number of rotatable bonds is 4. The maximum absolute atomic E-state index is 13.1. The lowest BCUT2D eigenvalue weighted by atomic mass is 10.1. The molecular formula is C15H19F2N3. The van der Waals surface area contributed by atoms with Crippen molar-refractivity contribution in [3.8, 4) is 0 Å². The van der Waals surface area contributed by atoms with Gasteiger partial charge in [-0.25, -0.2) is 13.8 Å². The minimum atomic E-state index is -0.568. The van der Waals surface area contributed by atoms with Crippen LogP contribution in [0.25, 0.3) is 0 Å². The first-order chi connectivity index (χ1) is 9.32. The van der Waals surface area contributed by atoms with Gasteiger partial charge in [-0.05, 0) is 38.5 Å². The normalized spacial score (nSPS) is 11.8. The van der Waals surface area contributed by atoms with Crippen LogP contribution in [0, 0.1) is 11.6 Å². The molecule has 1 heterocycles. The van der Waals surface area contributed by atoms with E-state index in [1.54, 1.807) is 6.20 Å². The Morgan fingerprint density at radius 1 is 1.15 bits per heavy atom. The van der Waals surface area contributed by atoms with Gasteiger partial charge in [-0.2, -0.15) is 0 Å². The average Bonchev–Trinajstić information content (AvgIpc) is 2.72. The highest BCUT2D eigenvalue weighted by Gasteiger charge is 2.10. The second kappa shape index (κ2) is 5.71. The second-order valence-electron chi connectivity index (χ2n) is 5.91. The van der Waals surface area contributed by atoms with Gasteiger partial charge in [0.1, 0.15) is 17.5 Å². The zero-order valence-electron chi connectivity index (χ0n) is 11.9. The molecule has 0 saturated heterocycles. The number of benzene rings is 1. The molecule has 2 aromatic rings. The van der Waals surface area contributed by atoms with Gasteiger partial charge in [-0.3, -0.25) is 0 Å². The Balaban J connectivity index is 2.02. The Hall–Kier alpha value is -1.75. The molecule has 0 aliphatic heterocycles. The third-order valence-electron chi connectivity index (χ3n) is 2.78. The Bertz CT molecular complexity index is 565. The molecule has 1 aromatic carbocycles. The van der Waals surface area contributed by atoms with Crippen LogP contribution >= 0.6 is 0 Å². The maximum Gasteiger partial charge on any atom is 0.126 e. The highest BCUT2D eigenvalue weighted by Crippen LogP contribution is 2.12. The summed E-state index contributed by atoms with van der Waals surface area (Å²) in [7, 11) is 0. The van der Waals surface area contributed by atoms with Gasteiger partial charge in [-0.15, -0.1) is 0 Å². The fraction of sp³-hybridized carbons (Fsp3) is 0.400. The van der Waals surface area contributed by atoms with E-state index in [9.17, 15) is 8.78 Å². The molecule has 0 amide bonds. The Morgan fingerprint density at radius 2 is 1.80 bits per heavy atom. The summed E-state index contributed by atoms with van der Waals surface area (Å²) in [6.07, 6.45) is 2.12. The quantitative estimate of drug-likeness (QED) is 0.902. The molecule has 0 saturated carbocycles. The summed E-state index contributed by atoms with van der Waals surface area (Å²) in [6.45, 7) is 6.92. The van der Waals surface area contributed by atoms with Crippen LogP contribution in [0.1, 0.15) is 37.9 Å². The van der Waals surface area contributed by atoms with E-state index in [0.717, 1.165) is 11.8 Å². The third kappa shape index (κ3) is 4.42. The molecule has 0 bridgehead atoms. The van der Waals surface area contributed by atoms with Crippen molar-refractivity contribution in [3.05, 3.63) is 53.1 Å². The van der Waals surface area contributed by atoms with Crippen molar-refractivity contribution in [3.63, 3.8) is 0 Å². The molecular weight excluding hydrogens is 260 g/mol. The molecule has 2 rings (SSSR count). The summed E-state index contributed by atoms with van der Waals surface area (Å²) in [5, 5.41) is 3.34. The molecule has 0 spiro atoms. The summed E-state index contributed by atoms with van der Waals surface area (Å²) < 4.78 is 26.2. The van der Waals surface area contributed by atoms with E-state index in [1.165, 1.54) is 12.1 Å². The number of halogens is 2. The lowest BCUT2D eigenvalue weighted by Gasteiger charge is -2.19. The van der Waals surface area contributed by atoms with Gasteiger partial charge in [0.25, 0.3) is 0 Å².